The van der Waals surface area contributed by atoms with E-state index in [2.05, 4.69) is 32.0 Å². The molecule has 1 atom stereocenters. The van der Waals surface area contributed by atoms with Gasteiger partial charge in [-0.1, -0.05) is 6.07 Å². The number of nitrogens with one attached hydrogen (secondary N) is 1. The van der Waals surface area contributed by atoms with Gasteiger partial charge in [-0.25, -0.2) is 14.2 Å². The Bertz CT molecular complexity index is 1360. The van der Waals surface area contributed by atoms with Gasteiger partial charge < -0.3 is 19.7 Å². The Balaban J connectivity index is 1.20. The SMILES string of the molecule is C[C@H]1CCc2nnc(-c3cccc(NC(=O)c4cc5c(cc4F)CCN(C(=O)N4CCCCC4)C5)n3)n21. The fraction of sp³-hybridized carbons (Fsp3) is 0.444. The maximum atomic E-state index is 15.0. The summed E-state index contributed by atoms with van der Waals surface area (Å²) in [5, 5.41) is 11.3. The summed E-state index contributed by atoms with van der Waals surface area (Å²) in [6.45, 7) is 4.60. The minimum Gasteiger partial charge on any atom is -0.325 e. The first kappa shape index (κ1) is 23.6. The van der Waals surface area contributed by atoms with E-state index in [1.165, 1.54) is 6.07 Å². The molecule has 3 aromatic rings. The van der Waals surface area contributed by atoms with Gasteiger partial charge in [0.05, 0.1) is 5.56 Å². The van der Waals surface area contributed by atoms with Crippen LogP contribution in [0.2, 0.25) is 0 Å². The standard InChI is InChI=1S/C27H30FN7O2/c1-17-8-9-24-31-32-25(35(17)24)22-6-5-7-23(29-22)30-26(36)20-14-19-16-34(13-10-18(19)15-21(20)28)27(37)33-11-3-2-4-12-33/h5-7,14-15,17H,2-4,8-13,16H2,1H3,(H,29,30,36)/t17-/m0/s1. The molecular formula is C27H30FN7O2. The summed E-state index contributed by atoms with van der Waals surface area (Å²) in [6.07, 6.45) is 5.66. The molecule has 2 aromatic heterocycles. The number of anilines is 1. The first-order valence-electron chi connectivity index (χ1n) is 13.1. The molecule has 0 radical (unpaired) electrons. The van der Waals surface area contributed by atoms with Gasteiger partial charge in [-0.05, 0) is 74.4 Å². The van der Waals surface area contributed by atoms with Gasteiger partial charge in [0.2, 0.25) is 0 Å². The molecule has 3 aliphatic rings. The number of hydrogen-bond donors (Lipinski definition) is 1. The summed E-state index contributed by atoms with van der Waals surface area (Å²) >= 11 is 0. The minimum absolute atomic E-state index is 0.0241. The minimum atomic E-state index is -0.579. The van der Waals surface area contributed by atoms with Crippen molar-refractivity contribution in [1.82, 2.24) is 29.5 Å². The number of carbonyl (C=O) groups excluding carboxylic acids is 2. The number of benzene rings is 1. The van der Waals surface area contributed by atoms with Crippen LogP contribution in [-0.2, 0) is 19.4 Å². The fourth-order valence-electron chi connectivity index (χ4n) is 5.61. The molecule has 10 heteroatoms. The second kappa shape index (κ2) is 9.57. The van der Waals surface area contributed by atoms with Gasteiger partial charge in [-0.2, -0.15) is 0 Å². The molecule has 0 spiro atoms. The number of aromatic nitrogens is 4. The second-order valence-electron chi connectivity index (χ2n) is 10.2. The highest BCUT2D eigenvalue weighted by Crippen LogP contribution is 2.30. The first-order chi connectivity index (χ1) is 18.0. The van der Waals surface area contributed by atoms with Gasteiger partial charge in [0.15, 0.2) is 5.82 Å². The monoisotopic (exact) mass is 503 g/mol. The first-order valence-corrected chi connectivity index (χ1v) is 13.1. The Morgan fingerprint density at radius 1 is 1.00 bits per heavy atom. The van der Waals surface area contributed by atoms with E-state index in [9.17, 15) is 14.0 Å². The topological polar surface area (TPSA) is 96.2 Å². The van der Waals surface area contributed by atoms with E-state index >= 15 is 0 Å². The van der Waals surface area contributed by atoms with Crippen molar-refractivity contribution < 1.29 is 14.0 Å². The number of rotatable bonds is 3. The van der Waals surface area contributed by atoms with Gasteiger partial charge in [-0.3, -0.25) is 4.79 Å². The number of likely N-dealkylation sites (tertiary alicyclic amines) is 1. The van der Waals surface area contributed by atoms with E-state index in [1.807, 2.05) is 11.0 Å². The van der Waals surface area contributed by atoms with E-state index in [0.717, 1.165) is 62.1 Å². The third-order valence-electron chi connectivity index (χ3n) is 7.66. The van der Waals surface area contributed by atoms with E-state index in [4.69, 9.17) is 0 Å². The van der Waals surface area contributed by atoms with Crippen LogP contribution in [0.15, 0.2) is 30.3 Å². The van der Waals surface area contributed by atoms with Crippen LogP contribution in [0.25, 0.3) is 11.5 Å². The van der Waals surface area contributed by atoms with Crippen LogP contribution >= 0.6 is 0 Å². The number of hydrogen-bond acceptors (Lipinski definition) is 5. The lowest BCUT2D eigenvalue weighted by molar-refractivity contribution is 0.102. The molecule has 3 amide bonds. The van der Waals surface area contributed by atoms with Crippen molar-refractivity contribution >= 4 is 17.8 Å². The highest BCUT2D eigenvalue weighted by molar-refractivity contribution is 6.04. The van der Waals surface area contributed by atoms with Crippen molar-refractivity contribution in [2.45, 2.75) is 58.0 Å². The van der Waals surface area contributed by atoms with Crippen LogP contribution in [0.5, 0.6) is 0 Å². The molecule has 1 aromatic carbocycles. The molecule has 0 unspecified atom stereocenters. The van der Waals surface area contributed by atoms with Crippen LogP contribution in [-0.4, -0.2) is 61.1 Å². The van der Waals surface area contributed by atoms with Crippen LogP contribution in [0.4, 0.5) is 15.0 Å². The molecule has 5 heterocycles. The zero-order chi connectivity index (χ0) is 25.5. The Morgan fingerprint density at radius 3 is 2.68 bits per heavy atom. The number of piperidine rings is 1. The van der Waals surface area contributed by atoms with Crippen LogP contribution < -0.4 is 5.32 Å². The third kappa shape index (κ3) is 4.45. The summed E-state index contributed by atoms with van der Waals surface area (Å²) in [5.41, 5.74) is 2.18. The van der Waals surface area contributed by atoms with Gasteiger partial charge >= 0.3 is 6.03 Å². The van der Waals surface area contributed by atoms with Crippen molar-refractivity contribution in [3.63, 3.8) is 0 Å². The van der Waals surface area contributed by atoms with E-state index in [1.54, 1.807) is 23.1 Å². The number of aryl methyl sites for hydroxylation is 1. The number of nitrogens with zero attached hydrogens (tertiary/aromatic N) is 6. The van der Waals surface area contributed by atoms with Crippen molar-refractivity contribution in [3.05, 3.63) is 58.7 Å². The summed E-state index contributed by atoms with van der Waals surface area (Å²) in [6, 6.07) is 8.59. The predicted molar refractivity (Wildman–Crippen MR) is 136 cm³/mol. The van der Waals surface area contributed by atoms with Gasteiger partial charge in [0.25, 0.3) is 5.91 Å². The average Bonchev–Trinajstić information content (AvgIpc) is 3.51. The summed E-state index contributed by atoms with van der Waals surface area (Å²) in [5.74, 6) is 0.748. The Kier molecular flexibility index (Phi) is 6.10. The molecule has 1 fully saturated rings. The Labute approximate surface area is 214 Å². The smallest absolute Gasteiger partial charge is 0.320 e. The molecule has 3 aliphatic heterocycles. The van der Waals surface area contributed by atoms with E-state index in [0.29, 0.717) is 36.8 Å². The summed E-state index contributed by atoms with van der Waals surface area (Å²) < 4.78 is 17.1. The molecule has 1 N–H and O–H groups in total. The molecule has 0 aliphatic carbocycles. The van der Waals surface area contributed by atoms with Crippen LogP contribution in [0.1, 0.15) is 66.0 Å². The summed E-state index contributed by atoms with van der Waals surface area (Å²) in [4.78, 5) is 34.4. The van der Waals surface area contributed by atoms with Crippen LogP contribution in [0.3, 0.4) is 0 Å². The Morgan fingerprint density at radius 2 is 1.84 bits per heavy atom. The largest absolute Gasteiger partial charge is 0.325 e. The van der Waals surface area contributed by atoms with Crippen molar-refractivity contribution in [3.8, 4) is 11.5 Å². The van der Waals surface area contributed by atoms with Crippen molar-refractivity contribution in [2.75, 3.05) is 25.0 Å². The number of amides is 3. The molecule has 192 valence electrons. The number of pyridine rings is 1. The summed E-state index contributed by atoms with van der Waals surface area (Å²) in [7, 11) is 0. The zero-order valence-corrected chi connectivity index (χ0v) is 20.9. The molecule has 0 bridgehead atoms. The average molecular weight is 504 g/mol. The van der Waals surface area contributed by atoms with Crippen LogP contribution in [0, 0.1) is 5.82 Å². The molecular weight excluding hydrogens is 473 g/mol. The van der Waals surface area contributed by atoms with Gasteiger partial charge in [0.1, 0.15) is 23.2 Å². The lowest BCUT2D eigenvalue weighted by Gasteiger charge is -2.35. The normalized spacial score (nSPS) is 18.9. The van der Waals surface area contributed by atoms with E-state index in [-0.39, 0.29) is 17.6 Å². The molecule has 6 rings (SSSR count). The predicted octanol–water partition coefficient (Wildman–Crippen LogP) is 4.20. The lowest BCUT2D eigenvalue weighted by Crippen LogP contribution is -2.47. The zero-order valence-electron chi connectivity index (χ0n) is 20.9. The maximum absolute atomic E-state index is 15.0. The quantitative estimate of drug-likeness (QED) is 0.578. The highest BCUT2D eigenvalue weighted by atomic mass is 19.1. The molecule has 0 saturated carbocycles. The Hall–Kier alpha value is -3.82. The molecule has 1 saturated heterocycles. The number of halogens is 1. The molecule has 9 nitrogen and oxygen atoms in total. The van der Waals surface area contributed by atoms with E-state index < -0.39 is 11.7 Å². The lowest BCUT2D eigenvalue weighted by atomic mass is 9.96. The molecule has 37 heavy (non-hydrogen) atoms. The third-order valence-corrected chi connectivity index (χ3v) is 7.66. The van der Waals surface area contributed by atoms with Gasteiger partial charge in [0, 0.05) is 38.6 Å². The van der Waals surface area contributed by atoms with Gasteiger partial charge in [-0.15, -0.1) is 10.2 Å². The number of urea groups is 1. The highest BCUT2D eigenvalue weighted by Gasteiger charge is 2.28. The van der Waals surface area contributed by atoms with Crippen molar-refractivity contribution in [1.29, 1.82) is 0 Å². The maximum Gasteiger partial charge on any atom is 0.320 e. The fourth-order valence-corrected chi connectivity index (χ4v) is 5.61. The van der Waals surface area contributed by atoms with Crippen molar-refractivity contribution in [2.24, 2.45) is 0 Å². The number of fused-ring (bicyclic) bond motifs is 2. The number of carbonyl (C=O) groups is 2. The second-order valence-corrected chi connectivity index (χ2v) is 10.2.